The second-order valence-corrected chi connectivity index (χ2v) is 7.80. The van der Waals surface area contributed by atoms with Crippen LogP contribution in [0.25, 0.3) is 11.4 Å². The van der Waals surface area contributed by atoms with E-state index in [4.69, 9.17) is 21.1 Å². The largest absolute Gasteiger partial charge is 0.506 e. The van der Waals surface area contributed by atoms with Crippen LogP contribution in [0, 0.1) is 5.92 Å². The van der Waals surface area contributed by atoms with Crippen molar-refractivity contribution >= 4 is 17.6 Å². The van der Waals surface area contributed by atoms with E-state index in [2.05, 4.69) is 21.6 Å². The highest BCUT2D eigenvalue weighted by atomic mass is 35.5. The minimum Gasteiger partial charge on any atom is -0.506 e. The first-order valence-electron chi connectivity index (χ1n) is 9.84. The Kier molecular flexibility index (Phi) is 6.55. The van der Waals surface area contributed by atoms with E-state index in [-0.39, 0.29) is 35.0 Å². The molecule has 1 unspecified atom stereocenters. The molecular weight excluding hydrogens is 412 g/mol. The summed E-state index contributed by atoms with van der Waals surface area (Å²) in [5, 5.41) is 11.0. The number of fused-ring (bicyclic) bond motifs is 3. The van der Waals surface area contributed by atoms with Crippen LogP contribution in [0.2, 0.25) is 5.15 Å². The summed E-state index contributed by atoms with van der Waals surface area (Å²) in [6.45, 7) is 6.65. The normalized spacial score (nSPS) is 15.1. The number of H-pyrrole nitrogens is 1. The molecule has 1 aliphatic rings. The van der Waals surface area contributed by atoms with Crippen LogP contribution < -0.4 is 15.0 Å². The summed E-state index contributed by atoms with van der Waals surface area (Å²) in [7, 11) is 1.15. The third-order valence-corrected chi connectivity index (χ3v) is 5.38. The maximum absolute atomic E-state index is 12.6. The molecule has 0 saturated carbocycles. The molecule has 2 aromatic heterocycles. The van der Waals surface area contributed by atoms with E-state index in [1.54, 1.807) is 6.07 Å². The quantitative estimate of drug-likeness (QED) is 0.401. The van der Waals surface area contributed by atoms with Gasteiger partial charge >= 0.3 is 5.97 Å². The molecule has 3 heterocycles. The number of carbonyl (C=O) groups excluding carboxylic acids is 1. The Hall–Kier alpha value is -2.74. The molecule has 1 aliphatic heterocycles. The number of unbranched alkanes of at least 4 members (excludes halogenated alkanes) is 1. The van der Waals surface area contributed by atoms with Crippen LogP contribution in [-0.4, -0.2) is 41.4 Å². The Bertz CT molecular complexity index is 1020. The number of nitrogens with one attached hydrogen (secondary N) is 1. The minimum atomic E-state index is -0.921. The number of nitrogens with zero attached hydrogens (tertiary/aromatic N) is 1. The molecule has 0 saturated heterocycles. The molecule has 8 nitrogen and oxygen atoms in total. The molecule has 162 valence electrons. The first-order chi connectivity index (χ1) is 14.3. The molecule has 2 N–H and O–H groups in total. The fraction of sp³-hybridized carbons (Fsp3) is 0.476. The number of ether oxygens (including phenoxy) is 3. The molecule has 3 rings (SSSR count). The summed E-state index contributed by atoms with van der Waals surface area (Å²) in [5.41, 5.74) is -0.333. The fourth-order valence-electron chi connectivity index (χ4n) is 3.40. The van der Waals surface area contributed by atoms with Gasteiger partial charge in [-0.2, -0.15) is 0 Å². The van der Waals surface area contributed by atoms with E-state index in [9.17, 15) is 14.7 Å². The average Bonchev–Trinajstić information content (AvgIpc) is 2.85. The Labute approximate surface area is 179 Å². The summed E-state index contributed by atoms with van der Waals surface area (Å²) in [6.07, 6.45) is 1.84. The van der Waals surface area contributed by atoms with Crippen LogP contribution in [0.3, 0.4) is 0 Å². The van der Waals surface area contributed by atoms with E-state index in [0.29, 0.717) is 23.7 Å². The maximum atomic E-state index is 12.6. The number of halogens is 1. The number of aromatic amines is 1. The second kappa shape index (κ2) is 8.95. The molecule has 0 aliphatic carbocycles. The van der Waals surface area contributed by atoms with Gasteiger partial charge in [0.25, 0.3) is 5.56 Å². The predicted molar refractivity (Wildman–Crippen MR) is 112 cm³/mol. The average molecular weight is 437 g/mol. The molecule has 0 amide bonds. The van der Waals surface area contributed by atoms with Crippen molar-refractivity contribution in [3.05, 3.63) is 32.7 Å². The van der Waals surface area contributed by atoms with E-state index in [1.807, 2.05) is 13.8 Å². The second-order valence-electron chi connectivity index (χ2n) is 7.45. The summed E-state index contributed by atoms with van der Waals surface area (Å²) in [4.78, 5) is 31.7. The van der Waals surface area contributed by atoms with Gasteiger partial charge in [-0.3, -0.25) is 4.79 Å². The zero-order chi connectivity index (χ0) is 22.0. The van der Waals surface area contributed by atoms with Gasteiger partial charge in [-0.05, 0) is 12.3 Å². The van der Waals surface area contributed by atoms with Crippen molar-refractivity contribution in [1.82, 2.24) is 9.97 Å². The first-order valence-corrected chi connectivity index (χ1v) is 10.2. The Balaban J connectivity index is 2.23. The van der Waals surface area contributed by atoms with Gasteiger partial charge < -0.3 is 24.3 Å². The Morgan fingerprint density at radius 3 is 2.83 bits per heavy atom. The highest BCUT2D eigenvalue weighted by Gasteiger charge is 2.34. The van der Waals surface area contributed by atoms with Gasteiger partial charge in [0.05, 0.1) is 26.0 Å². The summed E-state index contributed by atoms with van der Waals surface area (Å²) in [5.74, 6) is -0.900. The zero-order valence-corrected chi connectivity index (χ0v) is 18.1. The van der Waals surface area contributed by atoms with Crippen LogP contribution in [0.15, 0.2) is 10.9 Å². The van der Waals surface area contributed by atoms with Crippen molar-refractivity contribution < 1.29 is 24.1 Å². The number of carbonyl (C=O) groups is 1. The number of aromatic hydroxyl groups is 1. The molecular formula is C21H25ClN2O6. The molecule has 1 atom stereocenters. The number of pyridine rings is 2. The monoisotopic (exact) mass is 436 g/mol. The van der Waals surface area contributed by atoms with E-state index >= 15 is 0 Å². The van der Waals surface area contributed by atoms with E-state index in [0.717, 1.165) is 20.0 Å². The molecule has 0 spiro atoms. The van der Waals surface area contributed by atoms with Crippen molar-refractivity contribution in [3.63, 3.8) is 0 Å². The molecule has 0 aromatic carbocycles. The number of rotatable bonds is 6. The topological polar surface area (TPSA) is 111 Å². The molecule has 0 fully saturated rings. The van der Waals surface area contributed by atoms with Gasteiger partial charge in [-0.25, -0.2) is 9.78 Å². The predicted octanol–water partition coefficient (Wildman–Crippen LogP) is 3.89. The molecule has 0 radical (unpaired) electrons. The molecule has 0 bridgehead atoms. The molecule has 30 heavy (non-hydrogen) atoms. The number of methoxy groups -OCH3 is 1. The van der Waals surface area contributed by atoms with E-state index < -0.39 is 22.8 Å². The van der Waals surface area contributed by atoms with Gasteiger partial charge in [0, 0.05) is 17.5 Å². The first kappa shape index (κ1) is 22.0. The zero-order valence-electron chi connectivity index (χ0n) is 17.4. The number of aromatic nitrogens is 2. The summed E-state index contributed by atoms with van der Waals surface area (Å²) >= 11 is 6.32. The number of hydrogen-bond donors (Lipinski definition) is 2. The summed E-state index contributed by atoms with van der Waals surface area (Å²) in [6, 6.07) is 1.64. The van der Waals surface area contributed by atoms with E-state index in [1.165, 1.54) is 0 Å². The van der Waals surface area contributed by atoms with Crippen molar-refractivity contribution in [3.8, 4) is 28.6 Å². The molecule has 9 heteroatoms. The summed E-state index contributed by atoms with van der Waals surface area (Å²) < 4.78 is 16.3. The highest BCUT2D eigenvalue weighted by Crippen LogP contribution is 2.45. The third kappa shape index (κ3) is 3.96. The lowest BCUT2D eigenvalue weighted by atomic mass is 9.86. The maximum Gasteiger partial charge on any atom is 0.347 e. The van der Waals surface area contributed by atoms with Crippen LogP contribution >= 0.6 is 11.6 Å². The van der Waals surface area contributed by atoms with Crippen molar-refractivity contribution in [1.29, 1.82) is 0 Å². The smallest absolute Gasteiger partial charge is 0.347 e. The lowest BCUT2D eigenvalue weighted by Crippen LogP contribution is -2.24. The van der Waals surface area contributed by atoms with Crippen LogP contribution in [-0.2, 0) is 4.74 Å². The van der Waals surface area contributed by atoms with Crippen molar-refractivity contribution in [2.45, 2.75) is 39.5 Å². The number of hydrogen-bond acceptors (Lipinski definition) is 7. The Morgan fingerprint density at radius 2 is 2.20 bits per heavy atom. The van der Waals surface area contributed by atoms with Gasteiger partial charge in [0.2, 0.25) is 0 Å². The fourth-order valence-corrected chi connectivity index (χ4v) is 3.60. The number of esters is 1. The van der Waals surface area contributed by atoms with Crippen molar-refractivity contribution in [2.24, 2.45) is 5.92 Å². The van der Waals surface area contributed by atoms with Gasteiger partial charge in [0.1, 0.15) is 11.4 Å². The highest BCUT2D eigenvalue weighted by molar-refractivity contribution is 6.31. The van der Waals surface area contributed by atoms with Gasteiger partial charge in [0.15, 0.2) is 22.2 Å². The lowest BCUT2D eigenvalue weighted by Gasteiger charge is -2.22. The SMILES string of the molecule is CCCCOc1cc2c(nc1Cl)-c1[nH]c(=O)c(C(=O)OC)c(O)c1C(C(C)C)CO2. The minimum absolute atomic E-state index is 0.0242. The standard InChI is InChI=1S/C21H25ClN2O6/c1-5-6-7-29-13-8-12-16(23-19(13)22)17-14(11(9-30-12)10(2)3)18(25)15(20(26)24-17)21(27)28-4/h8,10-11H,5-7,9H2,1-4H3,(H2,24,25,26). The third-order valence-electron chi connectivity index (χ3n) is 5.11. The van der Waals surface area contributed by atoms with Crippen LogP contribution in [0.4, 0.5) is 0 Å². The Morgan fingerprint density at radius 1 is 1.47 bits per heavy atom. The molecule has 2 aromatic rings. The van der Waals surface area contributed by atoms with Crippen LogP contribution in [0.1, 0.15) is 55.5 Å². The van der Waals surface area contributed by atoms with Gasteiger partial charge in [-0.1, -0.05) is 38.8 Å². The lowest BCUT2D eigenvalue weighted by molar-refractivity contribution is 0.0595. The van der Waals surface area contributed by atoms with Gasteiger partial charge in [-0.15, -0.1) is 0 Å². The van der Waals surface area contributed by atoms with Crippen LogP contribution in [0.5, 0.6) is 17.2 Å². The van der Waals surface area contributed by atoms with Crippen molar-refractivity contribution in [2.75, 3.05) is 20.3 Å².